The minimum atomic E-state index is -1.03. The average Bonchev–Trinajstić information content (AvgIpc) is 3.00. The van der Waals surface area contributed by atoms with Crippen molar-refractivity contribution in [3.63, 3.8) is 0 Å². The zero-order chi connectivity index (χ0) is 21.8. The van der Waals surface area contributed by atoms with E-state index in [-0.39, 0.29) is 18.8 Å². The van der Waals surface area contributed by atoms with Crippen molar-refractivity contribution in [1.82, 2.24) is 4.90 Å². The topological polar surface area (TPSA) is 90.0 Å². The summed E-state index contributed by atoms with van der Waals surface area (Å²) in [4.78, 5) is 51.1. The number of nitrogens with zero attached hydrogens (tertiary/aromatic N) is 1. The summed E-state index contributed by atoms with van der Waals surface area (Å²) in [5.41, 5.74) is 0.632. The smallest absolute Gasteiger partial charge is 0.417 e. The summed E-state index contributed by atoms with van der Waals surface area (Å²) in [7, 11) is 0. The standard InChI is InChI=1S/C22H27NO6/c1-6-28-20(26)16(13-18(24)15-9-7-14(2)8-10-15)17-11-12-19(25)23(17)21(27)29-22(3,4)5/h7-12,16-17H,6,13H2,1-5H3/t16-,17-/m1/s1. The fourth-order valence-corrected chi connectivity index (χ4v) is 2.98. The van der Waals surface area contributed by atoms with Gasteiger partial charge in [-0.2, -0.15) is 0 Å². The predicted octanol–water partition coefficient (Wildman–Crippen LogP) is 3.45. The molecule has 2 amide bonds. The first-order chi connectivity index (χ1) is 13.5. The molecule has 0 bridgehead atoms. The molecule has 0 fully saturated rings. The maximum Gasteiger partial charge on any atom is 0.417 e. The second kappa shape index (κ2) is 9.03. The van der Waals surface area contributed by atoms with Crippen molar-refractivity contribution in [3.8, 4) is 0 Å². The Labute approximate surface area is 170 Å². The lowest BCUT2D eigenvalue weighted by molar-refractivity contribution is -0.150. The lowest BCUT2D eigenvalue weighted by Crippen LogP contribution is -2.48. The molecule has 0 spiro atoms. The van der Waals surface area contributed by atoms with Crippen LogP contribution in [0.4, 0.5) is 4.79 Å². The zero-order valence-electron chi connectivity index (χ0n) is 17.4. The molecule has 2 rings (SSSR count). The van der Waals surface area contributed by atoms with E-state index >= 15 is 0 Å². The Kier molecular flexibility index (Phi) is 6.95. The first-order valence-corrected chi connectivity index (χ1v) is 9.54. The second-order valence-corrected chi connectivity index (χ2v) is 7.89. The van der Waals surface area contributed by atoms with Crippen LogP contribution in [0.1, 0.15) is 50.0 Å². The molecule has 0 aromatic heterocycles. The van der Waals surface area contributed by atoms with E-state index in [1.807, 2.05) is 6.92 Å². The highest BCUT2D eigenvalue weighted by molar-refractivity contribution is 6.03. The molecule has 7 heteroatoms. The van der Waals surface area contributed by atoms with E-state index in [0.29, 0.717) is 5.56 Å². The molecule has 0 saturated carbocycles. The summed E-state index contributed by atoms with van der Waals surface area (Å²) in [6, 6.07) is 6.02. The fourth-order valence-electron chi connectivity index (χ4n) is 2.98. The van der Waals surface area contributed by atoms with Gasteiger partial charge in [0.1, 0.15) is 5.60 Å². The molecule has 156 valence electrons. The third kappa shape index (κ3) is 5.76. The van der Waals surface area contributed by atoms with Gasteiger partial charge in [-0.15, -0.1) is 0 Å². The SMILES string of the molecule is CCOC(=O)[C@H](CC(=O)c1ccc(C)cc1)[C@H]1C=CC(=O)N1C(=O)OC(C)(C)C. The maximum atomic E-state index is 12.8. The van der Waals surface area contributed by atoms with Crippen LogP contribution in [0.3, 0.4) is 0 Å². The van der Waals surface area contributed by atoms with Crippen LogP contribution in [0.5, 0.6) is 0 Å². The number of ether oxygens (including phenoxy) is 2. The first kappa shape index (κ1) is 22.3. The summed E-state index contributed by atoms with van der Waals surface area (Å²) in [5.74, 6) is -2.55. The Bertz CT molecular complexity index is 819. The Hall–Kier alpha value is -2.96. The highest BCUT2D eigenvalue weighted by Crippen LogP contribution is 2.27. The van der Waals surface area contributed by atoms with Crippen LogP contribution in [-0.2, 0) is 19.1 Å². The molecule has 0 radical (unpaired) electrons. The van der Waals surface area contributed by atoms with Crippen molar-refractivity contribution in [2.24, 2.45) is 5.92 Å². The third-order valence-electron chi connectivity index (χ3n) is 4.34. The number of carbonyl (C=O) groups is 4. The van der Waals surface area contributed by atoms with Gasteiger partial charge >= 0.3 is 12.1 Å². The molecule has 0 saturated heterocycles. The van der Waals surface area contributed by atoms with Gasteiger partial charge < -0.3 is 9.47 Å². The van der Waals surface area contributed by atoms with Crippen molar-refractivity contribution in [3.05, 3.63) is 47.5 Å². The van der Waals surface area contributed by atoms with E-state index < -0.39 is 35.5 Å². The predicted molar refractivity (Wildman–Crippen MR) is 106 cm³/mol. The van der Waals surface area contributed by atoms with E-state index in [4.69, 9.17) is 9.47 Å². The van der Waals surface area contributed by atoms with Gasteiger partial charge in [0, 0.05) is 18.1 Å². The summed E-state index contributed by atoms with van der Waals surface area (Å²) >= 11 is 0. The van der Waals surface area contributed by atoms with Crippen LogP contribution >= 0.6 is 0 Å². The van der Waals surface area contributed by atoms with Gasteiger partial charge in [0.15, 0.2) is 5.78 Å². The van der Waals surface area contributed by atoms with Gasteiger partial charge in [0.05, 0.1) is 18.6 Å². The fraction of sp³-hybridized carbons (Fsp3) is 0.455. The molecule has 1 aromatic carbocycles. The van der Waals surface area contributed by atoms with Crippen LogP contribution in [0.25, 0.3) is 0 Å². The summed E-state index contributed by atoms with van der Waals surface area (Å²) < 4.78 is 10.4. The quantitative estimate of drug-likeness (QED) is 0.536. The number of hydrogen-bond donors (Lipinski definition) is 0. The van der Waals surface area contributed by atoms with Gasteiger partial charge in [-0.1, -0.05) is 35.9 Å². The van der Waals surface area contributed by atoms with Crippen LogP contribution < -0.4 is 0 Å². The van der Waals surface area contributed by atoms with Gasteiger partial charge in [-0.3, -0.25) is 14.4 Å². The van der Waals surface area contributed by atoms with Gasteiger partial charge in [-0.05, 0) is 34.6 Å². The first-order valence-electron chi connectivity index (χ1n) is 9.54. The highest BCUT2D eigenvalue weighted by atomic mass is 16.6. The largest absolute Gasteiger partial charge is 0.466 e. The summed E-state index contributed by atoms with van der Waals surface area (Å²) in [6.07, 6.45) is 1.58. The number of benzene rings is 1. The highest BCUT2D eigenvalue weighted by Gasteiger charge is 2.43. The number of Topliss-reactive ketones (excluding diaryl/α,β-unsaturated/α-hetero) is 1. The number of esters is 1. The number of imide groups is 1. The van der Waals surface area contributed by atoms with Crippen LogP contribution in [0.15, 0.2) is 36.4 Å². The number of amides is 2. The number of hydrogen-bond acceptors (Lipinski definition) is 6. The number of carbonyl (C=O) groups excluding carboxylic acids is 4. The summed E-state index contributed by atoms with van der Waals surface area (Å²) in [6.45, 7) is 8.71. The normalized spacial score (nSPS) is 17.2. The molecule has 2 atom stereocenters. The van der Waals surface area contributed by atoms with E-state index in [1.54, 1.807) is 52.0 Å². The number of ketones is 1. The van der Waals surface area contributed by atoms with Crippen molar-refractivity contribution in [2.75, 3.05) is 6.61 Å². The summed E-state index contributed by atoms with van der Waals surface area (Å²) in [5, 5.41) is 0. The van der Waals surface area contributed by atoms with Gasteiger partial charge in [0.2, 0.25) is 0 Å². The average molecular weight is 401 g/mol. The number of rotatable bonds is 6. The molecule has 0 N–H and O–H groups in total. The Morgan fingerprint density at radius 2 is 1.76 bits per heavy atom. The molecular formula is C22H27NO6. The molecule has 29 heavy (non-hydrogen) atoms. The Morgan fingerprint density at radius 3 is 2.31 bits per heavy atom. The van der Waals surface area contributed by atoms with E-state index in [1.165, 1.54) is 12.2 Å². The van der Waals surface area contributed by atoms with Crippen molar-refractivity contribution >= 4 is 23.8 Å². The zero-order valence-corrected chi connectivity index (χ0v) is 17.4. The lowest BCUT2D eigenvalue weighted by atomic mass is 9.91. The van der Waals surface area contributed by atoms with E-state index in [0.717, 1.165) is 10.5 Å². The van der Waals surface area contributed by atoms with Crippen LogP contribution in [0.2, 0.25) is 0 Å². The minimum absolute atomic E-state index is 0.116. The monoisotopic (exact) mass is 401 g/mol. The molecular weight excluding hydrogens is 374 g/mol. The van der Waals surface area contributed by atoms with Crippen LogP contribution in [0, 0.1) is 12.8 Å². The van der Waals surface area contributed by atoms with E-state index in [9.17, 15) is 19.2 Å². The number of aryl methyl sites for hydroxylation is 1. The Morgan fingerprint density at radius 1 is 1.14 bits per heavy atom. The molecule has 1 aliphatic rings. The minimum Gasteiger partial charge on any atom is -0.466 e. The molecule has 0 aliphatic carbocycles. The Balaban J connectivity index is 2.30. The van der Waals surface area contributed by atoms with Gasteiger partial charge in [0.25, 0.3) is 5.91 Å². The lowest BCUT2D eigenvalue weighted by Gasteiger charge is -2.30. The molecule has 1 heterocycles. The van der Waals surface area contributed by atoms with Crippen molar-refractivity contribution < 1.29 is 28.7 Å². The maximum absolute atomic E-state index is 12.8. The van der Waals surface area contributed by atoms with Crippen molar-refractivity contribution in [2.45, 2.75) is 52.7 Å². The molecule has 0 unspecified atom stereocenters. The van der Waals surface area contributed by atoms with Gasteiger partial charge in [-0.25, -0.2) is 9.69 Å². The molecule has 1 aromatic rings. The second-order valence-electron chi connectivity index (χ2n) is 7.89. The molecule has 1 aliphatic heterocycles. The third-order valence-corrected chi connectivity index (χ3v) is 4.34. The van der Waals surface area contributed by atoms with Crippen molar-refractivity contribution in [1.29, 1.82) is 0 Å². The van der Waals surface area contributed by atoms with E-state index in [2.05, 4.69) is 0 Å². The molecule has 7 nitrogen and oxygen atoms in total. The van der Waals surface area contributed by atoms with Crippen LogP contribution in [-0.4, -0.2) is 46.9 Å².